The van der Waals surface area contributed by atoms with Crippen LogP contribution >= 0.6 is 11.3 Å². The lowest BCUT2D eigenvalue weighted by Gasteiger charge is -2.09. The predicted molar refractivity (Wildman–Crippen MR) is 86.6 cm³/mol. The maximum absolute atomic E-state index is 12.3. The minimum atomic E-state index is -0.579. The van der Waals surface area contributed by atoms with Gasteiger partial charge in [-0.3, -0.25) is 9.59 Å². The zero-order valence-corrected chi connectivity index (χ0v) is 12.4. The highest BCUT2D eigenvalue weighted by molar-refractivity contribution is 7.13. The topological polar surface area (TPSA) is 85.1 Å². The van der Waals surface area contributed by atoms with Gasteiger partial charge in [-0.05, 0) is 23.6 Å². The van der Waals surface area contributed by atoms with Gasteiger partial charge in [0.15, 0.2) is 0 Å². The second-order valence-corrected chi connectivity index (χ2v) is 5.65. The fourth-order valence-corrected chi connectivity index (χ4v) is 2.86. The second-order valence-electron chi connectivity index (χ2n) is 4.70. The first-order chi connectivity index (χ1) is 10.6. The highest BCUT2D eigenvalue weighted by Crippen LogP contribution is 2.27. The average Bonchev–Trinajstić information content (AvgIpc) is 3.06. The van der Waals surface area contributed by atoms with Crippen molar-refractivity contribution in [3.8, 4) is 10.6 Å². The van der Waals surface area contributed by atoms with E-state index in [-0.39, 0.29) is 12.5 Å². The molecule has 0 spiro atoms. The molecule has 0 radical (unpaired) electrons. The molecule has 2 aromatic heterocycles. The lowest BCUT2D eigenvalue weighted by Crippen LogP contribution is -2.33. The van der Waals surface area contributed by atoms with Crippen molar-refractivity contribution in [1.82, 2.24) is 10.3 Å². The molecule has 0 aliphatic heterocycles. The third-order valence-corrected chi connectivity index (χ3v) is 4.05. The molecule has 0 saturated heterocycles. The summed E-state index contributed by atoms with van der Waals surface area (Å²) in [6.07, 6.45) is 0. The molecule has 0 atom stereocenters. The lowest BCUT2D eigenvalue weighted by atomic mass is 10.1. The van der Waals surface area contributed by atoms with Crippen molar-refractivity contribution in [2.75, 3.05) is 6.54 Å². The summed E-state index contributed by atoms with van der Waals surface area (Å²) < 4.78 is 0. The van der Waals surface area contributed by atoms with Crippen molar-refractivity contribution in [2.24, 2.45) is 5.73 Å². The molecule has 0 saturated carbocycles. The summed E-state index contributed by atoms with van der Waals surface area (Å²) in [5, 5.41) is 5.22. The van der Waals surface area contributed by atoms with Crippen LogP contribution in [0.3, 0.4) is 0 Å². The summed E-state index contributed by atoms with van der Waals surface area (Å²) in [6.45, 7) is -0.191. The van der Waals surface area contributed by atoms with Gasteiger partial charge < -0.3 is 11.1 Å². The van der Waals surface area contributed by atoms with Crippen LogP contribution in [0.15, 0.2) is 47.8 Å². The number of nitrogens with zero attached hydrogens (tertiary/aromatic N) is 1. The highest BCUT2D eigenvalue weighted by atomic mass is 32.1. The number of rotatable bonds is 4. The van der Waals surface area contributed by atoms with Gasteiger partial charge in [0.25, 0.3) is 5.91 Å². The van der Waals surface area contributed by atoms with Crippen LogP contribution in [0.2, 0.25) is 0 Å². The maximum atomic E-state index is 12.3. The number of nitrogens with one attached hydrogen (secondary N) is 1. The minimum absolute atomic E-state index is 0.191. The molecule has 0 bridgehead atoms. The first-order valence-corrected chi connectivity index (χ1v) is 7.53. The van der Waals surface area contributed by atoms with E-state index in [0.717, 1.165) is 21.5 Å². The van der Waals surface area contributed by atoms with Crippen LogP contribution < -0.4 is 11.1 Å². The van der Waals surface area contributed by atoms with E-state index in [1.165, 1.54) is 0 Å². The fraction of sp³-hybridized carbons (Fsp3) is 0.0625. The summed E-state index contributed by atoms with van der Waals surface area (Å²) in [4.78, 5) is 28.8. The number of carbonyl (C=O) groups is 2. The number of benzene rings is 1. The summed E-state index contributed by atoms with van der Waals surface area (Å²) in [7, 11) is 0. The van der Waals surface area contributed by atoms with Crippen molar-refractivity contribution in [2.45, 2.75) is 0 Å². The van der Waals surface area contributed by atoms with Crippen LogP contribution in [0.4, 0.5) is 0 Å². The van der Waals surface area contributed by atoms with Crippen molar-refractivity contribution in [1.29, 1.82) is 0 Å². The number of carbonyl (C=O) groups excluding carboxylic acids is 2. The number of fused-ring (bicyclic) bond motifs is 1. The molecule has 22 heavy (non-hydrogen) atoms. The summed E-state index contributed by atoms with van der Waals surface area (Å²) in [6, 6.07) is 13.0. The van der Waals surface area contributed by atoms with E-state index < -0.39 is 5.91 Å². The Morgan fingerprint density at radius 2 is 2.00 bits per heavy atom. The average molecular weight is 311 g/mol. The Balaban J connectivity index is 2.10. The molecule has 110 valence electrons. The zero-order valence-electron chi connectivity index (χ0n) is 11.6. The van der Waals surface area contributed by atoms with Crippen LogP contribution in [-0.2, 0) is 4.79 Å². The van der Waals surface area contributed by atoms with E-state index in [0.29, 0.717) is 5.56 Å². The Morgan fingerprint density at radius 1 is 1.18 bits per heavy atom. The molecular formula is C16H13N3O2S. The van der Waals surface area contributed by atoms with E-state index in [9.17, 15) is 9.59 Å². The van der Waals surface area contributed by atoms with Crippen LogP contribution in [0.25, 0.3) is 21.5 Å². The van der Waals surface area contributed by atoms with Gasteiger partial charge in [-0.25, -0.2) is 4.98 Å². The molecule has 2 heterocycles. The quantitative estimate of drug-likeness (QED) is 0.774. The monoisotopic (exact) mass is 311 g/mol. The number of primary amides is 1. The van der Waals surface area contributed by atoms with Crippen LogP contribution in [0, 0.1) is 0 Å². The largest absolute Gasteiger partial charge is 0.368 e. The molecule has 3 N–H and O–H groups in total. The lowest BCUT2D eigenvalue weighted by molar-refractivity contribution is -0.117. The molecule has 3 rings (SSSR count). The number of thiophene rings is 1. The summed E-state index contributed by atoms with van der Waals surface area (Å²) in [5.41, 5.74) is 7.02. The molecule has 3 aromatic rings. The number of aromatic nitrogens is 1. The van der Waals surface area contributed by atoms with Gasteiger partial charge >= 0.3 is 0 Å². The molecule has 1 aromatic carbocycles. The van der Waals surface area contributed by atoms with Crippen molar-refractivity contribution >= 4 is 34.1 Å². The van der Waals surface area contributed by atoms with Crippen LogP contribution in [0.1, 0.15) is 10.4 Å². The molecule has 2 amide bonds. The number of para-hydroxylation sites is 1. The molecule has 0 fully saturated rings. The molecule has 0 unspecified atom stereocenters. The Labute approximate surface area is 130 Å². The Morgan fingerprint density at radius 3 is 2.73 bits per heavy atom. The smallest absolute Gasteiger partial charge is 0.252 e. The number of hydrogen-bond acceptors (Lipinski definition) is 4. The van der Waals surface area contributed by atoms with Gasteiger partial charge in [-0.1, -0.05) is 24.3 Å². The molecule has 0 aliphatic carbocycles. The van der Waals surface area contributed by atoms with E-state index >= 15 is 0 Å². The second kappa shape index (κ2) is 5.95. The van der Waals surface area contributed by atoms with Crippen molar-refractivity contribution in [3.63, 3.8) is 0 Å². The third kappa shape index (κ3) is 2.82. The minimum Gasteiger partial charge on any atom is -0.368 e. The van der Waals surface area contributed by atoms with Gasteiger partial charge in [0.2, 0.25) is 5.91 Å². The molecule has 6 heteroatoms. The van der Waals surface area contributed by atoms with Gasteiger partial charge in [0.1, 0.15) is 0 Å². The normalized spacial score (nSPS) is 10.5. The molecule has 5 nitrogen and oxygen atoms in total. The Kier molecular flexibility index (Phi) is 3.84. The number of pyridine rings is 1. The fourth-order valence-electron chi connectivity index (χ4n) is 2.18. The van der Waals surface area contributed by atoms with Crippen molar-refractivity contribution < 1.29 is 9.59 Å². The molecule has 0 aliphatic rings. The standard InChI is InChI=1S/C16H13N3O2S/c17-15(20)9-18-16(21)11-8-13(14-6-3-7-22-14)19-12-5-2-1-4-10(11)12/h1-8H,9H2,(H2,17,20)(H,18,21). The summed E-state index contributed by atoms with van der Waals surface area (Å²) >= 11 is 1.55. The molecular weight excluding hydrogens is 298 g/mol. The first-order valence-electron chi connectivity index (χ1n) is 6.65. The highest BCUT2D eigenvalue weighted by Gasteiger charge is 2.14. The van der Waals surface area contributed by atoms with Gasteiger partial charge in [0, 0.05) is 5.39 Å². The van der Waals surface area contributed by atoms with E-state index in [4.69, 9.17) is 5.73 Å². The predicted octanol–water partition coefficient (Wildman–Crippen LogP) is 2.18. The van der Waals surface area contributed by atoms with Gasteiger partial charge in [-0.2, -0.15) is 0 Å². The number of nitrogens with two attached hydrogens (primary N) is 1. The SMILES string of the molecule is NC(=O)CNC(=O)c1cc(-c2cccs2)nc2ccccc12. The van der Waals surface area contributed by atoms with Gasteiger partial charge in [-0.15, -0.1) is 11.3 Å². The zero-order chi connectivity index (χ0) is 15.5. The van der Waals surface area contributed by atoms with Crippen LogP contribution in [-0.4, -0.2) is 23.3 Å². The van der Waals surface area contributed by atoms with Gasteiger partial charge in [0.05, 0.1) is 28.2 Å². The van der Waals surface area contributed by atoms with E-state index in [1.54, 1.807) is 17.4 Å². The number of amides is 2. The van der Waals surface area contributed by atoms with Crippen molar-refractivity contribution in [3.05, 3.63) is 53.4 Å². The Hall–Kier alpha value is -2.73. The van der Waals surface area contributed by atoms with Crippen LogP contribution in [0.5, 0.6) is 0 Å². The summed E-state index contributed by atoms with van der Waals surface area (Å²) in [5.74, 6) is -0.916. The van der Waals surface area contributed by atoms with E-state index in [1.807, 2.05) is 41.8 Å². The maximum Gasteiger partial charge on any atom is 0.252 e. The number of hydrogen-bond donors (Lipinski definition) is 2. The third-order valence-electron chi connectivity index (χ3n) is 3.16. The van der Waals surface area contributed by atoms with E-state index in [2.05, 4.69) is 10.3 Å². The Bertz CT molecular complexity index is 844. The first kappa shape index (κ1) is 14.2.